The molecule has 188 valence electrons. The molecular formula is C20H40Cl2N6O4. The van der Waals surface area contributed by atoms with E-state index < -0.39 is 0 Å². The zero-order valence-electron chi connectivity index (χ0n) is 19.2. The number of urea groups is 2. The van der Waals surface area contributed by atoms with E-state index in [4.69, 9.17) is 23.2 Å². The second-order valence-corrected chi connectivity index (χ2v) is 9.54. The van der Waals surface area contributed by atoms with Gasteiger partial charge < -0.3 is 21.0 Å². The van der Waals surface area contributed by atoms with Gasteiger partial charge in [-0.2, -0.15) is 10.0 Å². The van der Waals surface area contributed by atoms with Gasteiger partial charge in [0.05, 0.1) is 13.1 Å². The van der Waals surface area contributed by atoms with Crippen LogP contribution in [0.3, 0.4) is 0 Å². The van der Waals surface area contributed by atoms with Crippen molar-refractivity contribution in [2.24, 2.45) is 11.8 Å². The standard InChI is InChI=1S/2C10H20ClN3O2/c2*1-8-2-4-9(5-3-8)12-10(15)14(13-16)7-6-11/h2*8-9H,2-7,13H2,1H3,(H,12,15). The fraction of sp³-hybridized carbons (Fsp3) is 0.900. The number of alkyl halides is 2. The van der Waals surface area contributed by atoms with E-state index >= 15 is 0 Å². The highest BCUT2D eigenvalue weighted by atomic mass is 35.5. The molecule has 0 atom stereocenters. The van der Waals surface area contributed by atoms with Gasteiger partial charge in [-0.15, -0.1) is 23.2 Å². The van der Waals surface area contributed by atoms with Gasteiger partial charge in [0.25, 0.3) is 0 Å². The van der Waals surface area contributed by atoms with Crippen LogP contribution in [0.25, 0.3) is 0 Å². The average molecular weight is 499 g/mol. The van der Waals surface area contributed by atoms with E-state index in [1.165, 1.54) is 0 Å². The zero-order chi connectivity index (χ0) is 23.9. The van der Waals surface area contributed by atoms with Crippen LogP contribution in [0.1, 0.15) is 65.2 Å². The molecule has 0 spiro atoms. The number of nitrogens with two attached hydrogens (primary N) is 2. The largest absolute Gasteiger partial charge is 0.609 e. The van der Waals surface area contributed by atoms with E-state index in [1.54, 1.807) is 0 Å². The lowest BCUT2D eigenvalue weighted by Crippen LogP contribution is -2.91. The van der Waals surface area contributed by atoms with Gasteiger partial charge in [0.1, 0.15) is 0 Å². The minimum Gasteiger partial charge on any atom is -0.609 e. The highest BCUT2D eigenvalue weighted by Crippen LogP contribution is 2.24. The zero-order valence-corrected chi connectivity index (χ0v) is 20.7. The molecule has 0 heterocycles. The number of rotatable bonds is 8. The van der Waals surface area contributed by atoms with Gasteiger partial charge in [0.15, 0.2) is 0 Å². The van der Waals surface area contributed by atoms with Crippen molar-refractivity contribution in [1.29, 1.82) is 0 Å². The van der Waals surface area contributed by atoms with Gasteiger partial charge in [-0.1, -0.05) is 13.8 Å². The van der Waals surface area contributed by atoms with Gasteiger partial charge in [0, 0.05) is 23.8 Å². The van der Waals surface area contributed by atoms with Crippen molar-refractivity contribution >= 4 is 35.3 Å². The van der Waals surface area contributed by atoms with Crippen LogP contribution in [-0.4, -0.2) is 59.0 Å². The lowest BCUT2D eigenvalue weighted by Gasteiger charge is -2.29. The number of halogens is 2. The SMILES string of the molecule is CC1CCC(NC(=O)N(CCCl)[NH2+][O-])CC1.CC1CCC(NC(=O)N(CCCl)[NH2+][O-])CC1. The number of hydrogen-bond donors (Lipinski definition) is 4. The smallest absolute Gasteiger partial charge is 0.362 e. The Bertz CT molecular complexity index is 486. The van der Waals surface area contributed by atoms with Crippen LogP contribution in [0, 0.1) is 22.3 Å². The Hall–Kier alpha value is -1.04. The summed E-state index contributed by atoms with van der Waals surface area (Å²) in [6.07, 6.45) is 8.56. The molecule has 0 aromatic heterocycles. The summed E-state index contributed by atoms with van der Waals surface area (Å²) in [6.45, 7) is 4.98. The molecule has 0 radical (unpaired) electrons. The maximum absolute atomic E-state index is 11.6. The van der Waals surface area contributed by atoms with Crippen molar-refractivity contribution in [3.63, 3.8) is 0 Å². The molecular weight excluding hydrogens is 459 g/mol. The molecule has 2 aliphatic carbocycles. The summed E-state index contributed by atoms with van der Waals surface area (Å²) in [5.41, 5.74) is 1.06. The molecule has 12 heteroatoms. The van der Waals surface area contributed by atoms with E-state index in [1.807, 2.05) is 0 Å². The number of quaternary nitrogens is 2. The van der Waals surface area contributed by atoms with Crippen LogP contribution in [0.4, 0.5) is 9.59 Å². The Morgan fingerprint density at radius 3 is 1.31 bits per heavy atom. The van der Waals surface area contributed by atoms with Crippen LogP contribution in [0.5, 0.6) is 0 Å². The monoisotopic (exact) mass is 498 g/mol. The number of carbonyl (C=O) groups is 2. The number of carbonyl (C=O) groups excluding carboxylic acids is 2. The highest BCUT2D eigenvalue weighted by molar-refractivity contribution is 6.18. The van der Waals surface area contributed by atoms with Crippen molar-refractivity contribution in [3.05, 3.63) is 10.4 Å². The first-order valence-electron chi connectivity index (χ1n) is 11.5. The van der Waals surface area contributed by atoms with E-state index in [2.05, 4.69) is 24.5 Å². The molecule has 32 heavy (non-hydrogen) atoms. The summed E-state index contributed by atoms with van der Waals surface area (Å²) < 4.78 is 0. The quantitative estimate of drug-likeness (QED) is 0.174. The van der Waals surface area contributed by atoms with Crippen LogP contribution < -0.4 is 21.8 Å². The summed E-state index contributed by atoms with van der Waals surface area (Å²) >= 11 is 11.0. The van der Waals surface area contributed by atoms with Gasteiger partial charge in [-0.05, 0) is 63.2 Å². The lowest BCUT2D eigenvalue weighted by molar-refractivity contribution is -0.731. The summed E-state index contributed by atoms with van der Waals surface area (Å²) in [7, 11) is 0. The van der Waals surface area contributed by atoms with Crippen LogP contribution in [0.15, 0.2) is 0 Å². The molecule has 0 unspecified atom stereocenters. The Labute approximate surface area is 201 Å². The third kappa shape index (κ3) is 11.2. The molecule has 0 aromatic carbocycles. The number of hydrogen-bond acceptors (Lipinski definition) is 4. The average Bonchev–Trinajstić information content (AvgIpc) is 2.79. The predicted octanol–water partition coefficient (Wildman–Crippen LogP) is 1.58. The first kappa shape index (κ1) is 29.0. The number of nitrogens with zero attached hydrogens (tertiary/aromatic N) is 2. The fourth-order valence-corrected chi connectivity index (χ4v) is 4.27. The first-order valence-corrected chi connectivity index (χ1v) is 12.6. The van der Waals surface area contributed by atoms with Crippen molar-refractivity contribution in [3.8, 4) is 0 Å². The topological polar surface area (TPSA) is 144 Å². The number of amides is 4. The lowest BCUT2D eigenvalue weighted by atomic mass is 9.87. The van der Waals surface area contributed by atoms with Gasteiger partial charge >= 0.3 is 12.1 Å². The highest BCUT2D eigenvalue weighted by Gasteiger charge is 2.23. The summed E-state index contributed by atoms with van der Waals surface area (Å²) in [6, 6.07) is -0.228. The van der Waals surface area contributed by atoms with E-state index in [9.17, 15) is 20.0 Å². The molecule has 10 nitrogen and oxygen atoms in total. The molecule has 2 aliphatic rings. The van der Waals surface area contributed by atoms with Crippen molar-refractivity contribution in [2.75, 3.05) is 24.8 Å². The third-order valence-electron chi connectivity index (χ3n) is 6.11. The van der Waals surface area contributed by atoms with Gasteiger partial charge in [-0.3, -0.25) is 11.2 Å². The van der Waals surface area contributed by atoms with Crippen LogP contribution >= 0.6 is 23.2 Å². The molecule has 2 fully saturated rings. The summed E-state index contributed by atoms with van der Waals surface area (Å²) in [5.74, 6) is 2.04. The number of nitrogens with one attached hydrogen (secondary N) is 2. The van der Waals surface area contributed by atoms with Crippen LogP contribution in [-0.2, 0) is 0 Å². The van der Waals surface area contributed by atoms with Gasteiger partial charge in [0.2, 0.25) is 0 Å². The molecule has 6 N–H and O–H groups in total. The molecule has 0 bridgehead atoms. The van der Waals surface area contributed by atoms with Crippen molar-refractivity contribution < 1.29 is 20.8 Å². The molecule has 0 aromatic rings. The summed E-state index contributed by atoms with van der Waals surface area (Å²) in [5, 5.41) is 29.2. The van der Waals surface area contributed by atoms with Crippen LogP contribution in [0.2, 0.25) is 0 Å². The fourth-order valence-electron chi connectivity index (χ4n) is 3.91. The van der Waals surface area contributed by atoms with E-state index in [0.29, 0.717) is 11.2 Å². The maximum atomic E-state index is 11.6. The molecule has 4 amide bonds. The molecule has 0 aliphatic heterocycles. The Morgan fingerprint density at radius 1 is 0.750 bits per heavy atom. The molecule has 0 saturated heterocycles. The molecule has 2 rings (SSSR count). The van der Waals surface area contributed by atoms with E-state index in [0.717, 1.165) is 73.2 Å². The second kappa shape index (κ2) is 16.6. The minimum atomic E-state index is -0.324. The second-order valence-electron chi connectivity index (χ2n) is 8.79. The normalized spacial score (nSPS) is 25.2. The third-order valence-corrected chi connectivity index (χ3v) is 6.45. The summed E-state index contributed by atoms with van der Waals surface area (Å²) in [4.78, 5) is 23.3. The molecule has 2 saturated carbocycles. The predicted molar refractivity (Wildman–Crippen MR) is 125 cm³/mol. The Kier molecular flexibility index (Phi) is 15.0. The van der Waals surface area contributed by atoms with Crippen molar-refractivity contribution in [2.45, 2.75) is 77.3 Å². The maximum Gasteiger partial charge on any atom is 0.362 e. The Balaban J connectivity index is 0.000000320. The Morgan fingerprint density at radius 2 is 1.06 bits per heavy atom. The van der Waals surface area contributed by atoms with Crippen molar-refractivity contribution in [1.82, 2.24) is 20.7 Å². The first-order chi connectivity index (χ1) is 15.3. The van der Waals surface area contributed by atoms with Gasteiger partial charge in [-0.25, -0.2) is 9.59 Å². The van der Waals surface area contributed by atoms with E-state index in [-0.39, 0.29) is 49.0 Å². The minimum absolute atomic E-state index is 0.210.